The van der Waals surface area contributed by atoms with Crippen LogP contribution in [0.1, 0.15) is 89.0 Å². The summed E-state index contributed by atoms with van der Waals surface area (Å²) in [5, 5.41) is 0.235. The van der Waals surface area contributed by atoms with Crippen LogP contribution in [0.15, 0.2) is 12.2 Å². The van der Waals surface area contributed by atoms with Gasteiger partial charge in [-0.05, 0) is 54.5 Å². The molecule has 1 aliphatic rings. The fraction of sp³-hybridized carbons (Fsp3) is 0.920. The largest absolute Gasteiger partial charge is 0.416 e. The molecule has 0 bridgehead atoms. The Morgan fingerprint density at radius 1 is 1.03 bits per heavy atom. The molecule has 2 nitrogen and oxygen atoms in total. The van der Waals surface area contributed by atoms with Crippen molar-refractivity contribution in [3.05, 3.63) is 12.2 Å². The predicted molar refractivity (Wildman–Crippen MR) is 135 cm³/mol. The second kappa shape index (κ2) is 9.30. The van der Waals surface area contributed by atoms with Gasteiger partial charge in [0.1, 0.15) is 0 Å². The van der Waals surface area contributed by atoms with Crippen molar-refractivity contribution in [1.29, 1.82) is 0 Å². The molecule has 0 heterocycles. The van der Waals surface area contributed by atoms with Crippen LogP contribution in [0.4, 0.5) is 0 Å². The van der Waals surface area contributed by atoms with Gasteiger partial charge >= 0.3 is 0 Å². The molecular weight excluding hydrogens is 388 g/mol. The van der Waals surface area contributed by atoms with Gasteiger partial charge < -0.3 is 8.85 Å². The number of hydrogen-bond donors (Lipinski definition) is 0. The molecule has 0 N–H and O–H groups in total. The van der Waals surface area contributed by atoms with Crippen LogP contribution in [-0.2, 0) is 8.85 Å². The van der Waals surface area contributed by atoms with Crippen LogP contribution in [0.3, 0.4) is 0 Å². The highest BCUT2D eigenvalue weighted by Gasteiger charge is 2.54. The summed E-state index contributed by atoms with van der Waals surface area (Å²) < 4.78 is 14.2. The quantitative estimate of drug-likeness (QED) is 0.264. The molecule has 0 aromatic carbocycles. The van der Waals surface area contributed by atoms with E-state index in [0.29, 0.717) is 22.5 Å². The Morgan fingerprint density at radius 3 is 1.83 bits per heavy atom. The van der Waals surface area contributed by atoms with E-state index in [1.54, 1.807) is 0 Å². The van der Waals surface area contributed by atoms with E-state index in [2.05, 4.69) is 95.8 Å². The summed E-state index contributed by atoms with van der Waals surface area (Å²) >= 11 is 0. The van der Waals surface area contributed by atoms with Crippen molar-refractivity contribution in [3.63, 3.8) is 0 Å². The smallest absolute Gasteiger partial charge is 0.200 e. The highest BCUT2D eigenvalue weighted by Crippen LogP contribution is 2.53. The van der Waals surface area contributed by atoms with Gasteiger partial charge in [0.25, 0.3) is 0 Å². The van der Waals surface area contributed by atoms with Crippen molar-refractivity contribution in [3.8, 4) is 0 Å². The van der Waals surface area contributed by atoms with Crippen LogP contribution < -0.4 is 0 Å². The van der Waals surface area contributed by atoms with E-state index in [1.807, 2.05) is 0 Å². The molecule has 0 unspecified atom stereocenters. The van der Waals surface area contributed by atoms with Crippen molar-refractivity contribution in [2.45, 2.75) is 130 Å². The zero-order valence-electron chi connectivity index (χ0n) is 22.0. The van der Waals surface area contributed by atoms with Gasteiger partial charge in [-0.2, -0.15) is 0 Å². The third-order valence-electron chi connectivity index (χ3n) is 8.32. The van der Waals surface area contributed by atoms with Crippen LogP contribution in [0.25, 0.3) is 0 Å². The molecule has 1 aliphatic carbocycles. The van der Waals surface area contributed by atoms with E-state index in [-0.39, 0.29) is 16.6 Å². The first-order chi connectivity index (χ1) is 12.9. The van der Waals surface area contributed by atoms with Crippen molar-refractivity contribution in [2.24, 2.45) is 11.3 Å². The first-order valence-electron chi connectivity index (χ1n) is 11.9. The number of rotatable bonds is 9. The van der Waals surface area contributed by atoms with Gasteiger partial charge in [0.15, 0.2) is 8.32 Å². The highest BCUT2D eigenvalue weighted by atomic mass is 28.4. The average molecular weight is 441 g/mol. The summed E-state index contributed by atoms with van der Waals surface area (Å²) in [5.41, 5.74) is 3.14. The Labute approximate surface area is 185 Å². The van der Waals surface area contributed by atoms with Crippen molar-refractivity contribution >= 4 is 16.6 Å². The minimum absolute atomic E-state index is 0.0655. The lowest BCUT2D eigenvalue weighted by Gasteiger charge is -2.49. The lowest BCUT2D eigenvalue weighted by molar-refractivity contribution is 0.0144. The molecule has 1 fully saturated rings. The highest BCUT2D eigenvalue weighted by molar-refractivity contribution is 6.77. The average Bonchev–Trinajstić information content (AvgIpc) is 2.85. The van der Waals surface area contributed by atoms with E-state index in [1.165, 1.54) is 18.4 Å². The summed E-state index contributed by atoms with van der Waals surface area (Å²) in [7, 11) is -3.75. The topological polar surface area (TPSA) is 18.5 Å². The van der Waals surface area contributed by atoms with Gasteiger partial charge in [0.05, 0.1) is 6.10 Å². The molecule has 1 saturated carbocycles. The summed E-state index contributed by atoms with van der Waals surface area (Å²) in [5.74, 6) is 0.450. The normalized spacial score (nSPS) is 26.8. The van der Waals surface area contributed by atoms with Crippen LogP contribution in [0.5, 0.6) is 0 Å². The molecule has 0 radical (unpaired) electrons. The van der Waals surface area contributed by atoms with Gasteiger partial charge in [-0.1, -0.05) is 81.4 Å². The minimum Gasteiger partial charge on any atom is -0.416 e. The molecule has 0 amide bonds. The lowest BCUT2D eigenvalue weighted by atomic mass is 9.84. The summed E-state index contributed by atoms with van der Waals surface area (Å²) in [6.45, 7) is 35.9. The van der Waals surface area contributed by atoms with E-state index < -0.39 is 16.6 Å². The Morgan fingerprint density at radius 2 is 1.48 bits per heavy atom. The standard InChI is InChI=1S/C25H52O2Si2/c1-18(2)22-15-16-25(12,17-26-28(13,14)24(9,10)11)23(22)27-29(19(3)4,20(5)6)21(7)8/h19-23H,1,15-17H2,2-14H3/t22-,23-,25-/m0/s1. The molecule has 0 aliphatic heterocycles. The van der Waals surface area contributed by atoms with Crippen LogP contribution in [0.2, 0.25) is 34.8 Å². The first kappa shape index (κ1) is 27.1. The Balaban J connectivity index is 3.30. The fourth-order valence-electron chi connectivity index (χ4n) is 5.34. The molecule has 29 heavy (non-hydrogen) atoms. The monoisotopic (exact) mass is 440 g/mol. The second-order valence-corrected chi connectivity index (χ2v) is 22.8. The van der Waals surface area contributed by atoms with Crippen LogP contribution >= 0.6 is 0 Å². The van der Waals surface area contributed by atoms with E-state index in [9.17, 15) is 0 Å². The third-order valence-corrected chi connectivity index (χ3v) is 18.9. The van der Waals surface area contributed by atoms with Gasteiger partial charge in [0, 0.05) is 17.9 Å². The Kier molecular flexibility index (Phi) is 8.70. The maximum atomic E-state index is 7.44. The van der Waals surface area contributed by atoms with Gasteiger partial charge in [-0.15, -0.1) is 0 Å². The summed E-state index contributed by atoms with van der Waals surface area (Å²) in [4.78, 5) is 0. The predicted octanol–water partition coefficient (Wildman–Crippen LogP) is 8.56. The maximum absolute atomic E-state index is 7.44. The van der Waals surface area contributed by atoms with Crippen molar-refractivity contribution in [2.75, 3.05) is 6.61 Å². The number of hydrogen-bond acceptors (Lipinski definition) is 2. The van der Waals surface area contributed by atoms with Gasteiger partial charge in [-0.25, -0.2) is 0 Å². The summed E-state index contributed by atoms with van der Waals surface area (Å²) in [6, 6.07) is 0. The molecule has 1 rings (SSSR count). The second-order valence-electron chi connectivity index (χ2n) is 12.6. The van der Waals surface area contributed by atoms with E-state index in [4.69, 9.17) is 8.85 Å². The van der Waals surface area contributed by atoms with E-state index >= 15 is 0 Å². The van der Waals surface area contributed by atoms with Gasteiger partial charge in [0.2, 0.25) is 8.32 Å². The minimum atomic E-state index is -1.97. The zero-order valence-corrected chi connectivity index (χ0v) is 24.0. The van der Waals surface area contributed by atoms with Crippen molar-refractivity contribution < 1.29 is 8.85 Å². The molecule has 4 heteroatoms. The third kappa shape index (κ3) is 5.48. The van der Waals surface area contributed by atoms with Crippen molar-refractivity contribution in [1.82, 2.24) is 0 Å². The van der Waals surface area contributed by atoms with Gasteiger partial charge in [-0.3, -0.25) is 0 Å². The molecule has 0 aromatic rings. The SMILES string of the molecule is C=C(C)[C@@H]1CC[C@@](C)(CO[Si](C)(C)C(C)(C)C)[C@H]1O[Si](C(C)C)(C(C)C)C(C)C. The van der Waals surface area contributed by atoms with E-state index in [0.717, 1.165) is 6.61 Å². The lowest BCUT2D eigenvalue weighted by Crippen LogP contribution is -2.55. The Hall–Kier alpha value is 0.0938. The zero-order chi connectivity index (χ0) is 23.0. The molecule has 0 saturated heterocycles. The fourth-order valence-corrected chi connectivity index (χ4v) is 12.2. The molecular formula is C25H52O2Si2. The summed E-state index contributed by atoms with van der Waals surface area (Å²) in [6.07, 6.45) is 2.57. The molecule has 0 aromatic heterocycles. The first-order valence-corrected chi connectivity index (χ1v) is 16.9. The van der Waals surface area contributed by atoms with Crippen LogP contribution in [-0.4, -0.2) is 29.3 Å². The molecule has 172 valence electrons. The maximum Gasteiger partial charge on any atom is 0.200 e. The van der Waals surface area contributed by atoms with Crippen LogP contribution in [0, 0.1) is 11.3 Å². The molecule has 3 atom stereocenters. The Bertz CT molecular complexity index is 538. The molecule has 0 spiro atoms.